The van der Waals surface area contributed by atoms with E-state index >= 15 is 0 Å². The maximum absolute atomic E-state index is 5.65. The van der Waals surface area contributed by atoms with Gasteiger partial charge >= 0.3 is 0 Å². The summed E-state index contributed by atoms with van der Waals surface area (Å²) in [6.07, 6.45) is 1.18. The van der Waals surface area contributed by atoms with Gasteiger partial charge in [-0.05, 0) is 31.5 Å². The fourth-order valence-electron chi connectivity index (χ4n) is 3.35. The van der Waals surface area contributed by atoms with E-state index in [1.165, 1.54) is 23.1 Å². The Balaban J connectivity index is 2.03. The third-order valence-electron chi connectivity index (χ3n) is 4.57. The second-order valence-electron chi connectivity index (χ2n) is 6.19. The summed E-state index contributed by atoms with van der Waals surface area (Å²) < 4.78 is 5.65. The molecular weight excluding hydrogens is 284 g/mol. The number of nitrogens with zero attached hydrogens (tertiary/aromatic N) is 1. The SMILES string of the molecule is COc1ccccc1C(c1ccc(C)cc1)N1CCCNCC1. The lowest BCUT2D eigenvalue weighted by molar-refractivity contribution is 0.236. The topological polar surface area (TPSA) is 24.5 Å². The minimum absolute atomic E-state index is 0.242. The number of ether oxygens (including phenoxy) is 1. The summed E-state index contributed by atoms with van der Waals surface area (Å²) in [5.74, 6) is 0.968. The van der Waals surface area contributed by atoms with Crippen LogP contribution in [0.1, 0.15) is 29.2 Å². The first-order valence-corrected chi connectivity index (χ1v) is 8.44. The second kappa shape index (κ2) is 7.62. The second-order valence-corrected chi connectivity index (χ2v) is 6.19. The molecule has 0 aromatic heterocycles. The van der Waals surface area contributed by atoms with E-state index in [1.54, 1.807) is 7.11 Å². The molecule has 1 aliphatic rings. The number of methoxy groups -OCH3 is 1. The molecule has 3 nitrogen and oxygen atoms in total. The summed E-state index contributed by atoms with van der Waals surface area (Å²) >= 11 is 0. The molecule has 23 heavy (non-hydrogen) atoms. The largest absolute Gasteiger partial charge is 0.496 e. The van der Waals surface area contributed by atoms with Crippen LogP contribution in [0.25, 0.3) is 0 Å². The minimum atomic E-state index is 0.242. The van der Waals surface area contributed by atoms with Gasteiger partial charge in [-0.25, -0.2) is 0 Å². The van der Waals surface area contributed by atoms with Crippen LogP contribution < -0.4 is 10.1 Å². The Morgan fingerprint density at radius 1 is 1.00 bits per heavy atom. The van der Waals surface area contributed by atoms with Gasteiger partial charge in [-0.2, -0.15) is 0 Å². The molecule has 122 valence electrons. The first-order valence-electron chi connectivity index (χ1n) is 8.44. The number of benzene rings is 2. The lowest BCUT2D eigenvalue weighted by Crippen LogP contribution is -2.33. The van der Waals surface area contributed by atoms with Gasteiger partial charge in [-0.3, -0.25) is 4.90 Å². The fraction of sp³-hybridized carbons (Fsp3) is 0.400. The highest BCUT2D eigenvalue weighted by atomic mass is 16.5. The van der Waals surface area contributed by atoms with Crippen LogP contribution in [0.4, 0.5) is 0 Å². The van der Waals surface area contributed by atoms with Gasteiger partial charge in [0.1, 0.15) is 5.75 Å². The maximum Gasteiger partial charge on any atom is 0.123 e. The maximum atomic E-state index is 5.65. The van der Waals surface area contributed by atoms with Crippen LogP contribution in [-0.2, 0) is 0 Å². The Morgan fingerprint density at radius 3 is 2.57 bits per heavy atom. The van der Waals surface area contributed by atoms with Gasteiger partial charge in [0.05, 0.1) is 13.2 Å². The van der Waals surface area contributed by atoms with E-state index in [1.807, 2.05) is 6.07 Å². The van der Waals surface area contributed by atoms with Gasteiger partial charge in [0, 0.05) is 25.2 Å². The Labute approximate surface area is 139 Å². The summed E-state index contributed by atoms with van der Waals surface area (Å²) in [6, 6.07) is 17.6. The quantitative estimate of drug-likeness (QED) is 0.937. The van der Waals surface area contributed by atoms with E-state index in [2.05, 4.69) is 59.6 Å². The number of para-hydroxylation sites is 1. The summed E-state index contributed by atoms with van der Waals surface area (Å²) in [6.45, 7) is 6.43. The Hall–Kier alpha value is -1.84. The lowest BCUT2D eigenvalue weighted by Gasteiger charge is -2.32. The average molecular weight is 310 g/mol. The molecule has 0 bridgehead atoms. The van der Waals surface area contributed by atoms with Crippen molar-refractivity contribution >= 4 is 0 Å². The molecule has 0 spiro atoms. The zero-order valence-corrected chi connectivity index (χ0v) is 14.1. The molecule has 1 fully saturated rings. The molecule has 3 rings (SSSR count). The molecule has 1 heterocycles. The standard InChI is InChI=1S/C20H26N2O/c1-16-8-10-17(11-9-16)20(22-14-5-12-21-13-15-22)18-6-3-4-7-19(18)23-2/h3-4,6-11,20-21H,5,12-15H2,1-2H3. The number of hydrogen-bond donors (Lipinski definition) is 1. The van der Waals surface area contributed by atoms with Gasteiger partial charge in [-0.1, -0.05) is 48.0 Å². The molecule has 0 amide bonds. The van der Waals surface area contributed by atoms with Crippen LogP contribution in [0.2, 0.25) is 0 Å². The molecule has 2 aromatic carbocycles. The van der Waals surface area contributed by atoms with Crippen LogP contribution >= 0.6 is 0 Å². The Bertz CT molecular complexity index is 616. The molecule has 2 aromatic rings. The van der Waals surface area contributed by atoms with Crippen molar-refractivity contribution in [1.82, 2.24) is 10.2 Å². The molecule has 1 saturated heterocycles. The van der Waals surface area contributed by atoms with Crippen molar-refractivity contribution in [3.05, 3.63) is 65.2 Å². The zero-order valence-electron chi connectivity index (χ0n) is 14.1. The number of hydrogen-bond acceptors (Lipinski definition) is 3. The van der Waals surface area contributed by atoms with Gasteiger partial charge in [0.25, 0.3) is 0 Å². The van der Waals surface area contributed by atoms with Gasteiger partial charge < -0.3 is 10.1 Å². The first kappa shape index (κ1) is 16.0. The predicted octanol–water partition coefficient (Wildman–Crippen LogP) is 3.39. The normalized spacial score (nSPS) is 17.5. The Morgan fingerprint density at radius 2 is 1.78 bits per heavy atom. The fourth-order valence-corrected chi connectivity index (χ4v) is 3.35. The van der Waals surface area contributed by atoms with Gasteiger partial charge in [0.15, 0.2) is 0 Å². The third kappa shape index (κ3) is 3.74. The van der Waals surface area contributed by atoms with Crippen molar-refractivity contribution in [2.75, 3.05) is 33.3 Å². The molecule has 1 unspecified atom stereocenters. The molecule has 3 heteroatoms. The number of aryl methyl sites for hydroxylation is 1. The lowest BCUT2D eigenvalue weighted by atomic mass is 9.95. The highest BCUT2D eigenvalue weighted by Gasteiger charge is 2.25. The first-order chi connectivity index (χ1) is 11.3. The van der Waals surface area contributed by atoms with E-state index in [0.717, 1.165) is 31.9 Å². The number of nitrogens with one attached hydrogen (secondary N) is 1. The van der Waals surface area contributed by atoms with E-state index in [4.69, 9.17) is 4.74 Å². The molecule has 1 aliphatic heterocycles. The van der Waals surface area contributed by atoms with Gasteiger partial charge in [-0.15, -0.1) is 0 Å². The monoisotopic (exact) mass is 310 g/mol. The summed E-state index contributed by atoms with van der Waals surface area (Å²) in [4.78, 5) is 2.57. The molecule has 0 radical (unpaired) electrons. The number of rotatable bonds is 4. The van der Waals surface area contributed by atoms with Crippen molar-refractivity contribution < 1.29 is 4.74 Å². The van der Waals surface area contributed by atoms with E-state index in [9.17, 15) is 0 Å². The van der Waals surface area contributed by atoms with Crippen molar-refractivity contribution in [3.63, 3.8) is 0 Å². The van der Waals surface area contributed by atoms with E-state index < -0.39 is 0 Å². The van der Waals surface area contributed by atoms with Crippen molar-refractivity contribution in [3.8, 4) is 5.75 Å². The summed E-state index contributed by atoms with van der Waals surface area (Å²) in [7, 11) is 1.76. The van der Waals surface area contributed by atoms with Crippen LogP contribution in [0.15, 0.2) is 48.5 Å². The highest BCUT2D eigenvalue weighted by Crippen LogP contribution is 2.35. The van der Waals surface area contributed by atoms with Crippen LogP contribution in [0, 0.1) is 6.92 Å². The summed E-state index contributed by atoms with van der Waals surface area (Å²) in [5, 5.41) is 3.50. The van der Waals surface area contributed by atoms with E-state index in [0.29, 0.717) is 0 Å². The average Bonchev–Trinajstić information content (AvgIpc) is 2.87. The van der Waals surface area contributed by atoms with Crippen molar-refractivity contribution in [1.29, 1.82) is 0 Å². The van der Waals surface area contributed by atoms with Gasteiger partial charge in [0.2, 0.25) is 0 Å². The molecule has 0 aliphatic carbocycles. The zero-order chi connectivity index (χ0) is 16.1. The van der Waals surface area contributed by atoms with Crippen LogP contribution in [-0.4, -0.2) is 38.2 Å². The van der Waals surface area contributed by atoms with Crippen LogP contribution in [0.3, 0.4) is 0 Å². The van der Waals surface area contributed by atoms with E-state index in [-0.39, 0.29) is 6.04 Å². The molecule has 0 saturated carbocycles. The smallest absolute Gasteiger partial charge is 0.123 e. The minimum Gasteiger partial charge on any atom is -0.496 e. The third-order valence-corrected chi connectivity index (χ3v) is 4.57. The molecule has 1 N–H and O–H groups in total. The summed E-state index contributed by atoms with van der Waals surface area (Å²) in [5.41, 5.74) is 3.88. The predicted molar refractivity (Wildman–Crippen MR) is 95.1 cm³/mol. The van der Waals surface area contributed by atoms with Crippen molar-refractivity contribution in [2.24, 2.45) is 0 Å². The Kier molecular flexibility index (Phi) is 5.31. The highest BCUT2D eigenvalue weighted by molar-refractivity contribution is 5.42. The molecular formula is C20H26N2O. The molecule has 1 atom stereocenters. The van der Waals surface area contributed by atoms with Crippen LogP contribution in [0.5, 0.6) is 5.75 Å². The van der Waals surface area contributed by atoms with Crippen molar-refractivity contribution in [2.45, 2.75) is 19.4 Å².